The normalized spacial score (nSPS) is 17.2. The van der Waals surface area contributed by atoms with Crippen LogP contribution in [0.1, 0.15) is 32.1 Å². The molecule has 1 fully saturated rings. The number of amides is 1. The van der Waals surface area contributed by atoms with Crippen molar-refractivity contribution >= 4 is 17.7 Å². The number of rotatable bonds is 6. The molecule has 1 saturated heterocycles. The second kappa shape index (κ2) is 8.81. The molecule has 4 heteroatoms. The fourth-order valence-electron chi connectivity index (χ4n) is 1.99. The van der Waals surface area contributed by atoms with Crippen LogP contribution in [0.15, 0.2) is 0 Å². The molecule has 1 heterocycles. The quantitative estimate of drug-likeness (QED) is 0.682. The van der Waals surface area contributed by atoms with Crippen LogP contribution >= 0.6 is 11.8 Å². The van der Waals surface area contributed by atoms with Crippen LogP contribution in [0.2, 0.25) is 0 Å². The Kier molecular flexibility index (Phi) is 7.69. The fourth-order valence-corrected chi connectivity index (χ4v) is 3.00. The molecule has 0 unspecified atom stereocenters. The van der Waals surface area contributed by atoms with E-state index in [1.54, 1.807) is 0 Å². The Morgan fingerprint density at radius 3 is 2.35 bits per heavy atom. The van der Waals surface area contributed by atoms with Crippen LogP contribution in [-0.2, 0) is 4.79 Å². The first-order valence-electron chi connectivity index (χ1n) is 6.70. The molecule has 1 aliphatic rings. The third-order valence-electron chi connectivity index (χ3n) is 3.10. The first-order valence-corrected chi connectivity index (χ1v) is 7.86. The molecular weight excluding hydrogens is 232 g/mol. The minimum atomic E-state index is 0.365. The summed E-state index contributed by atoms with van der Waals surface area (Å²) in [7, 11) is 4.17. The topological polar surface area (TPSA) is 23.6 Å². The van der Waals surface area contributed by atoms with E-state index in [-0.39, 0.29) is 0 Å². The highest BCUT2D eigenvalue weighted by Gasteiger charge is 2.14. The third-order valence-corrected chi connectivity index (χ3v) is 4.07. The summed E-state index contributed by atoms with van der Waals surface area (Å²) < 4.78 is 0. The zero-order valence-corrected chi connectivity index (χ0v) is 12.1. The molecule has 1 rings (SSSR count). The van der Waals surface area contributed by atoms with Gasteiger partial charge in [0.25, 0.3) is 0 Å². The predicted octanol–water partition coefficient (Wildman–Crippen LogP) is 2.07. The van der Waals surface area contributed by atoms with Gasteiger partial charge in [-0.05, 0) is 26.9 Å². The molecule has 100 valence electrons. The number of likely N-dealkylation sites (tertiary alicyclic amines) is 1. The van der Waals surface area contributed by atoms with E-state index in [1.165, 1.54) is 25.7 Å². The summed E-state index contributed by atoms with van der Waals surface area (Å²) in [6.07, 6.45) is 5.69. The average Bonchev–Trinajstić information content (AvgIpc) is 2.56. The molecule has 3 nitrogen and oxygen atoms in total. The van der Waals surface area contributed by atoms with Gasteiger partial charge in [0.1, 0.15) is 0 Å². The number of thioether (sulfide) groups is 1. The fraction of sp³-hybridized carbons (Fsp3) is 0.923. The lowest BCUT2D eigenvalue weighted by molar-refractivity contribution is -0.130. The molecule has 0 aliphatic carbocycles. The van der Waals surface area contributed by atoms with Crippen molar-refractivity contribution in [3.05, 3.63) is 0 Å². The third kappa shape index (κ3) is 6.94. The van der Waals surface area contributed by atoms with Crippen molar-refractivity contribution in [2.45, 2.75) is 32.1 Å². The molecule has 0 N–H and O–H groups in total. The molecule has 0 aromatic heterocycles. The minimum absolute atomic E-state index is 0.365. The maximum Gasteiger partial charge on any atom is 0.223 e. The Morgan fingerprint density at radius 1 is 1.12 bits per heavy atom. The Labute approximate surface area is 110 Å². The van der Waals surface area contributed by atoms with Crippen LogP contribution in [0.5, 0.6) is 0 Å². The van der Waals surface area contributed by atoms with E-state index in [0.717, 1.165) is 37.6 Å². The molecule has 0 atom stereocenters. The van der Waals surface area contributed by atoms with E-state index in [4.69, 9.17) is 0 Å². The summed E-state index contributed by atoms with van der Waals surface area (Å²) in [5, 5.41) is 0. The van der Waals surface area contributed by atoms with E-state index in [0.29, 0.717) is 5.91 Å². The van der Waals surface area contributed by atoms with Crippen molar-refractivity contribution in [2.75, 3.05) is 45.2 Å². The first kappa shape index (κ1) is 14.8. The van der Waals surface area contributed by atoms with Gasteiger partial charge in [-0.15, -0.1) is 0 Å². The van der Waals surface area contributed by atoms with Crippen LogP contribution in [-0.4, -0.2) is 60.9 Å². The minimum Gasteiger partial charge on any atom is -0.343 e. The SMILES string of the molecule is CN(C)CCSCCC(=O)N1CCCCCC1. The van der Waals surface area contributed by atoms with Crippen molar-refractivity contribution in [2.24, 2.45) is 0 Å². The summed E-state index contributed by atoms with van der Waals surface area (Å²) >= 11 is 1.89. The van der Waals surface area contributed by atoms with Crippen LogP contribution in [0.4, 0.5) is 0 Å². The summed E-state index contributed by atoms with van der Waals surface area (Å²) in [6.45, 7) is 3.07. The van der Waals surface area contributed by atoms with Gasteiger partial charge in [-0.1, -0.05) is 12.8 Å². The second-order valence-electron chi connectivity index (χ2n) is 4.96. The number of nitrogens with zero attached hydrogens (tertiary/aromatic N) is 2. The smallest absolute Gasteiger partial charge is 0.223 e. The molecule has 0 radical (unpaired) electrons. The molecule has 1 aliphatic heterocycles. The molecule has 0 bridgehead atoms. The van der Waals surface area contributed by atoms with E-state index < -0.39 is 0 Å². The summed E-state index contributed by atoms with van der Waals surface area (Å²) in [6, 6.07) is 0. The monoisotopic (exact) mass is 258 g/mol. The summed E-state index contributed by atoms with van der Waals surface area (Å²) in [5.41, 5.74) is 0. The van der Waals surface area contributed by atoms with Gasteiger partial charge in [0.05, 0.1) is 0 Å². The van der Waals surface area contributed by atoms with E-state index in [1.807, 2.05) is 11.8 Å². The molecule has 0 spiro atoms. The Bertz CT molecular complexity index is 213. The van der Waals surface area contributed by atoms with Gasteiger partial charge >= 0.3 is 0 Å². The summed E-state index contributed by atoms with van der Waals surface area (Å²) in [5.74, 6) is 2.47. The van der Waals surface area contributed by atoms with E-state index in [9.17, 15) is 4.79 Å². The van der Waals surface area contributed by atoms with Crippen LogP contribution < -0.4 is 0 Å². The molecule has 0 saturated carbocycles. The van der Waals surface area contributed by atoms with Gasteiger partial charge < -0.3 is 9.80 Å². The highest BCUT2D eigenvalue weighted by Crippen LogP contribution is 2.12. The lowest BCUT2D eigenvalue weighted by Gasteiger charge is -2.20. The molecule has 1 amide bonds. The van der Waals surface area contributed by atoms with Gasteiger partial charge in [-0.2, -0.15) is 11.8 Å². The van der Waals surface area contributed by atoms with Gasteiger partial charge in [0.15, 0.2) is 0 Å². The lowest BCUT2D eigenvalue weighted by atomic mass is 10.2. The molecule has 17 heavy (non-hydrogen) atoms. The zero-order chi connectivity index (χ0) is 12.5. The largest absolute Gasteiger partial charge is 0.343 e. The predicted molar refractivity (Wildman–Crippen MR) is 75.5 cm³/mol. The van der Waals surface area contributed by atoms with Crippen molar-refractivity contribution in [1.29, 1.82) is 0 Å². The second-order valence-corrected chi connectivity index (χ2v) is 6.19. The average molecular weight is 258 g/mol. The number of hydrogen-bond donors (Lipinski definition) is 0. The van der Waals surface area contributed by atoms with Gasteiger partial charge in [0.2, 0.25) is 5.91 Å². The van der Waals surface area contributed by atoms with E-state index in [2.05, 4.69) is 23.9 Å². The maximum absolute atomic E-state index is 12.0. The number of carbonyl (C=O) groups excluding carboxylic acids is 1. The van der Waals surface area contributed by atoms with Crippen LogP contribution in [0, 0.1) is 0 Å². The Balaban J connectivity index is 2.07. The van der Waals surface area contributed by atoms with Crippen molar-refractivity contribution in [1.82, 2.24) is 9.80 Å². The molecule has 0 aromatic carbocycles. The number of hydrogen-bond acceptors (Lipinski definition) is 3. The first-order chi connectivity index (χ1) is 8.20. The van der Waals surface area contributed by atoms with Crippen molar-refractivity contribution in [3.63, 3.8) is 0 Å². The van der Waals surface area contributed by atoms with Crippen LogP contribution in [0.3, 0.4) is 0 Å². The van der Waals surface area contributed by atoms with Crippen molar-refractivity contribution < 1.29 is 4.79 Å². The number of carbonyl (C=O) groups is 1. The lowest BCUT2D eigenvalue weighted by Crippen LogP contribution is -2.32. The molecular formula is C13H26N2OS. The molecule has 0 aromatic rings. The highest BCUT2D eigenvalue weighted by molar-refractivity contribution is 7.99. The zero-order valence-electron chi connectivity index (χ0n) is 11.3. The van der Waals surface area contributed by atoms with Gasteiger partial charge in [0, 0.05) is 37.6 Å². The maximum atomic E-state index is 12.0. The van der Waals surface area contributed by atoms with Crippen LogP contribution in [0.25, 0.3) is 0 Å². The van der Waals surface area contributed by atoms with E-state index >= 15 is 0 Å². The van der Waals surface area contributed by atoms with Crippen molar-refractivity contribution in [3.8, 4) is 0 Å². The Hall–Kier alpha value is -0.220. The van der Waals surface area contributed by atoms with Gasteiger partial charge in [-0.25, -0.2) is 0 Å². The standard InChI is InChI=1S/C13H26N2OS/c1-14(2)10-12-17-11-7-13(16)15-8-5-3-4-6-9-15/h3-12H2,1-2H3. The highest BCUT2D eigenvalue weighted by atomic mass is 32.2. The summed E-state index contributed by atoms with van der Waals surface area (Å²) in [4.78, 5) is 16.2. The van der Waals surface area contributed by atoms with Gasteiger partial charge in [-0.3, -0.25) is 4.79 Å². The Morgan fingerprint density at radius 2 is 1.76 bits per heavy atom.